The van der Waals surface area contributed by atoms with Crippen LogP contribution in [0.15, 0.2) is 36.7 Å². The molecule has 6 heteroatoms. The number of pyridine rings is 1. The molecule has 2 aromatic rings. The molecular formula is C15H16N2O3S. The Labute approximate surface area is 128 Å². The zero-order valence-corrected chi connectivity index (χ0v) is 12.7. The van der Waals surface area contributed by atoms with E-state index in [1.54, 1.807) is 37.5 Å². The van der Waals surface area contributed by atoms with Crippen molar-refractivity contribution in [3.05, 3.63) is 36.7 Å². The molecular weight excluding hydrogens is 288 g/mol. The first-order valence-corrected chi connectivity index (χ1v) is 7.02. The van der Waals surface area contributed by atoms with Gasteiger partial charge in [0, 0.05) is 30.1 Å². The molecule has 0 saturated heterocycles. The van der Waals surface area contributed by atoms with Crippen LogP contribution in [-0.2, 0) is 9.59 Å². The van der Waals surface area contributed by atoms with Crippen molar-refractivity contribution in [3.63, 3.8) is 0 Å². The van der Waals surface area contributed by atoms with Crippen molar-refractivity contribution in [2.24, 2.45) is 0 Å². The van der Waals surface area contributed by atoms with E-state index in [4.69, 9.17) is 4.84 Å². The molecule has 0 N–H and O–H groups in total. The van der Waals surface area contributed by atoms with Crippen LogP contribution in [-0.4, -0.2) is 27.1 Å². The third kappa shape index (κ3) is 3.33. The SMILES string of the molecule is CC[C@@H](C(=O)S)N(Oc1cccc2cnccc12)C(C)=O. The molecule has 1 atom stereocenters. The lowest BCUT2D eigenvalue weighted by Gasteiger charge is -2.27. The zero-order valence-electron chi connectivity index (χ0n) is 11.8. The molecule has 0 fully saturated rings. The number of hydrogen-bond donors (Lipinski definition) is 1. The summed E-state index contributed by atoms with van der Waals surface area (Å²) in [6, 6.07) is 6.53. The highest BCUT2D eigenvalue weighted by Crippen LogP contribution is 2.26. The predicted molar refractivity (Wildman–Crippen MR) is 83.0 cm³/mol. The minimum Gasteiger partial charge on any atom is -0.375 e. The molecule has 1 aromatic heterocycles. The van der Waals surface area contributed by atoms with Crippen molar-refractivity contribution in [1.82, 2.24) is 10.0 Å². The van der Waals surface area contributed by atoms with Crippen LogP contribution in [0.3, 0.4) is 0 Å². The van der Waals surface area contributed by atoms with E-state index in [0.717, 1.165) is 15.8 Å². The second-order valence-electron chi connectivity index (χ2n) is 4.55. The van der Waals surface area contributed by atoms with Crippen LogP contribution >= 0.6 is 12.6 Å². The molecule has 110 valence electrons. The van der Waals surface area contributed by atoms with Gasteiger partial charge in [-0.3, -0.25) is 14.6 Å². The minimum absolute atomic E-state index is 0.352. The van der Waals surface area contributed by atoms with Gasteiger partial charge in [-0.15, -0.1) is 12.6 Å². The number of nitrogens with zero attached hydrogens (tertiary/aromatic N) is 2. The van der Waals surface area contributed by atoms with Crippen LogP contribution in [0.25, 0.3) is 10.8 Å². The lowest BCUT2D eigenvalue weighted by molar-refractivity contribution is -0.165. The molecule has 0 spiro atoms. The molecule has 21 heavy (non-hydrogen) atoms. The first-order valence-electron chi connectivity index (χ1n) is 6.58. The summed E-state index contributed by atoms with van der Waals surface area (Å²) >= 11 is 3.82. The van der Waals surface area contributed by atoms with Crippen LogP contribution in [0.5, 0.6) is 5.75 Å². The Kier molecular flexibility index (Phi) is 4.80. The predicted octanol–water partition coefficient (Wildman–Crippen LogP) is 2.61. The average molecular weight is 304 g/mol. The number of carbonyl (C=O) groups is 2. The summed E-state index contributed by atoms with van der Waals surface area (Å²) in [6.07, 6.45) is 3.78. The first kappa shape index (κ1) is 15.3. The second kappa shape index (κ2) is 6.58. The summed E-state index contributed by atoms with van der Waals surface area (Å²) in [5.74, 6) is 0.147. The van der Waals surface area contributed by atoms with Gasteiger partial charge in [0.15, 0.2) is 5.75 Å². The Bertz CT molecular complexity index is 670. The van der Waals surface area contributed by atoms with Crippen LogP contribution in [0.4, 0.5) is 0 Å². The smallest absolute Gasteiger partial charge is 0.252 e. The van der Waals surface area contributed by atoms with Gasteiger partial charge in [-0.2, -0.15) is 5.06 Å². The van der Waals surface area contributed by atoms with Crippen LogP contribution < -0.4 is 4.84 Å². The monoisotopic (exact) mass is 304 g/mol. The second-order valence-corrected chi connectivity index (χ2v) is 4.99. The fourth-order valence-corrected chi connectivity index (χ4v) is 2.35. The molecule has 0 aliphatic carbocycles. The highest BCUT2D eigenvalue weighted by Gasteiger charge is 2.27. The molecule has 1 amide bonds. The number of carbonyl (C=O) groups excluding carboxylic acids is 2. The van der Waals surface area contributed by atoms with Crippen molar-refractivity contribution in [2.45, 2.75) is 26.3 Å². The van der Waals surface area contributed by atoms with E-state index < -0.39 is 11.2 Å². The van der Waals surface area contributed by atoms with E-state index >= 15 is 0 Å². The maximum absolute atomic E-state index is 11.8. The quantitative estimate of drug-likeness (QED) is 0.681. The number of thiol groups is 1. The molecule has 1 heterocycles. The molecule has 0 aliphatic rings. The van der Waals surface area contributed by atoms with Gasteiger partial charge in [0.1, 0.15) is 6.04 Å². The molecule has 0 unspecified atom stereocenters. The molecule has 0 saturated carbocycles. The summed E-state index contributed by atoms with van der Waals surface area (Å²) in [6.45, 7) is 3.15. The Morgan fingerprint density at radius 2 is 2.14 bits per heavy atom. The van der Waals surface area contributed by atoms with Gasteiger partial charge in [-0.05, 0) is 18.6 Å². The normalized spacial score (nSPS) is 12.0. The number of benzene rings is 1. The van der Waals surface area contributed by atoms with Gasteiger partial charge in [0.05, 0.1) is 0 Å². The van der Waals surface area contributed by atoms with E-state index in [2.05, 4.69) is 17.6 Å². The summed E-state index contributed by atoms with van der Waals surface area (Å²) in [4.78, 5) is 33.1. The lowest BCUT2D eigenvalue weighted by Crippen LogP contribution is -2.44. The number of rotatable bonds is 5. The van der Waals surface area contributed by atoms with Crippen molar-refractivity contribution >= 4 is 34.4 Å². The number of fused-ring (bicyclic) bond motifs is 1. The Balaban J connectivity index is 2.40. The minimum atomic E-state index is -0.720. The maximum atomic E-state index is 11.8. The fourth-order valence-electron chi connectivity index (χ4n) is 2.07. The van der Waals surface area contributed by atoms with Gasteiger partial charge in [0.2, 0.25) is 5.12 Å². The van der Waals surface area contributed by atoms with E-state index in [-0.39, 0.29) is 5.91 Å². The topological polar surface area (TPSA) is 59.5 Å². The first-order chi connectivity index (χ1) is 10.0. The molecule has 5 nitrogen and oxygen atoms in total. The fraction of sp³-hybridized carbons (Fsp3) is 0.267. The van der Waals surface area contributed by atoms with Crippen molar-refractivity contribution in [2.75, 3.05) is 0 Å². The van der Waals surface area contributed by atoms with Crippen molar-refractivity contribution in [3.8, 4) is 5.75 Å². The van der Waals surface area contributed by atoms with Gasteiger partial charge in [-0.25, -0.2) is 0 Å². The maximum Gasteiger partial charge on any atom is 0.252 e. The highest BCUT2D eigenvalue weighted by atomic mass is 32.1. The zero-order chi connectivity index (χ0) is 15.4. The third-order valence-corrected chi connectivity index (χ3v) is 3.40. The number of amides is 1. The van der Waals surface area contributed by atoms with E-state index in [9.17, 15) is 9.59 Å². The van der Waals surface area contributed by atoms with E-state index in [1.807, 2.05) is 6.07 Å². The van der Waals surface area contributed by atoms with Crippen LogP contribution in [0.2, 0.25) is 0 Å². The van der Waals surface area contributed by atoms with E-state index in [1.165, 1.54) is 6.92 Å². The molecule has 0 radical (unpaired) electrons. The van der Waals surface area contributed by atoms with E-state index in [0.29, 0.717) is 12.2 Å². The summed E-state index contributed by atoms with van der Waals surface area (Å²) in [5, 5.41) is 2.38. The largest absolute Gasteiger partial charge is 0.375 e. The molecule has 0 bridgehead atoms. The molecule has 1 aromatic carbocycles. The van der Waals surface area contributed by atoms with Crippen molar-refractivity contribution < 1.29 is 14.4 Å². The third-order valence-electron chi connectivity index (χ3n) is 3.10. The Morgan fingerprint density at radius 3 is 2.76 bits per heavy atom. The molecule has 2 rings (SSSR count). The van der Waals surface area contributed by atoms with Gasteiger partial charge >= 0.3 is 0 Å². The number of hydroxylamine groups is 2. The Morgan fingerprint density at radius 1 is 1.38 bits per heavy atom. The Hall–Kier alpha value is -2.08. The van der Waals surface area contributed by atoms with Gasteiger partial charge < -0.3 is 4.84 Å². The lowest BCUT2D eigenvalue weighted by atomic mass is 10.1. The van der Waals surface area contributed by atoms with Crippen LogP contribution in [0, 0.1) is 0 Å². The average Bonchev–Trinajstić information content (AvgIpc) is 2.46. The molecule has 0 aliphatic heterocycles. The van der Waals surface area contributed by atoms with Gasteiger partial charge in [0.25, 0.3) is 5.91 Å². The number of aromatic nitrogens is 1. The standard InChI is InChI=1S/C15H16N2O3S/c1-3-13(15(19)21)17(10(2)18)20-14-6-4-5-11-9-16-8-7-12(11)14/h4-9,13H,3H2,1-2H3,(H,19,21)/t13-/m0/s1. The number of hydrogen-bond acceptors (Lipinski definition) is 4. The summed E-state index contributed by atoms with van der Waals surface area (Å²) in [7, 11) is 0. The summed E-state index contributed by atoms with van der Waals surface area (Å²) in [5.41, 5.74) is 0. The van der Waals surface area contributed by atoms with Crippen LogP contribution in [0.1, 0.15) is 20.3 Å². The van der Waals surface area contributed by atoms with Crippen molar-refractivity contribution in [1.29, 1.82) is 0 Å². The highest BCUT2D eigenvalue weighted by molar-refractivity contribution is 7.96. The summed E-state index contributed by atoms with van der Waals surface area (Å²) < 4.78 is 0. The van der Waals surface area contributed by atoms with Gasteiger partial charge in [-0.1, -0.05) is 19.1 Å².